The van der Waals surface area contributed by atoms with Crippen molar-refractivity contribution in [2.75, 3.05) is 10.6 Å². The molecule has 0 atom stereocenters. The third kappa shape index (κ3) is 4.51. The highest BCUT2D eigenvalue weighted by Gasteiger charge is 2.06. The molecule has 0 saturated heterocycles. The Kier molecular flexibility index (Phi) is 4.97. The van der Waals surface area contributed by atoms with E-state index in [1.165, 1.54) is 36.4 Å². The van der Waals surface area contributed by atoms with Gasteiger partial charge in [0.25, 0.3) is 0 Å². The number of alkyl halides is 2. The zero-order chi connectivity index (χ0) is 15.9. The average Bonchev–Trinajstić information content (AvgIpc) is 2.49. The first-order valence-electron chi connectivity index (χ1n) is 6.13. The SMILES string of the molecule is O=Nc1cccc(NC(=O)Nc2ccc(OC(F)F)cc2)c1. The molecule has 2 amide bonds. The fraction of sp³-hybridized carbons (Fsp3) is 0.0714. The first kappa shape index (κ1) is 15.4. The molecule has 0 aliphatic heterocycles. The number of benzene rings is 2. The van der Waals surface area contributed by atoms with Crippen LogP contribution in [0.4, 0.5) is 30.6 Å². The van der Waals surface area contributed by atoms with Gasteiger partial charge in [-0.05, 0) is 47.6 Å². The third-order valence-corrected chi connectivity index (χ3v) is 2.55. The van der Waals surface area contributed by atoms with Crippen LogP contribution in [0.2, 0.25) is 0 Å². The molecule has 0 bridgehead atoms. The average molecular weight is 307 g/mol. The van der Waals surface area contributed by atoms with E-state index in [4.69, 9.17) is 0 Å². The number of carbonyl (C=O) groups excluding carboxylic acids is 1. The quantitative estimate of drug-likeness (QED) is 0.807. The molecule has 2 aromatic carbocycles. The van der Waals surface area contributed by atoms with Crippen molar-refractivity contribution in [3.05, 3.63) is 53.4 Å². The van der Waals surface area contributed by atoms with Gasteiger partial charge in [0, 0.05) is 11.4 Å². The van der Waals surface area contributed by atoms with Crippen molar-refractivity contribution in [1.29, 1.82) is 0 Å². The monoisotopic (exact) mass is 307 g/mol. The van der Waals surface area contributed by atoms with Crippen LogP contribution in [0.5, 0.6) is 5.75 Å². The lowest BCUT2D eigenvalue weighted by molar-refractivity contribution is -0.0498. The zero-order valence-corrected chi connectivity index (χ0v) is 11.1. The number of hydrogen-bond donors (Lipinski definition) is 2. The number of hydrogen-bond acceptors (Lipinski definition) is 4. The van der Waals surface area contributed by atoms with E-state index in [9.17, 15) is 18.5 Å². The van der Waals surface area contributed by atoms with E-state index in [0.717, 1.165) is 0 Å². The Balaban J connectivity index is 1.95. The van der Waals surface area contributed by atoms with Crippen molar-refractivity contribution in [2.45, 2.75) is 6.61 Å². The van der Waals surface area contributed by atoms with E-state index < -0.39 is 12.6 Å². The number of rotatable bonds is 5. The van der Waals surface area contributed by atoms with Crippen LogP contribution >= 0.6 is 0 Å². The van der Waals surface area contributed by atoms with E-state index in [-0.39, 0.29) is 11.4 Å². The minimum Gasteiger partial charge on any atom is -0.435 e. The molecule has 6 nitrogen and oxygen atoms in total. The molecule has 0 unspecified atom stereocenters. The summed E-state index contributed by atoms with van der Waals surface area (Å²) in [7, 11) is 0. The summed E-state index contributed by atoms with van der Waals surface area (Å²) in [5.41, 5.74) is 0.974. The van der Waals surface area contributed by atoms with Crippen LogP contribution in [0.25, 0.3) is 0 Å². The fourth-order valence-corrected chi connectivity index (χ4v) is 1.65. The summed E-state index contributed by atoms with van der Waals surface area (Å²) >= 11 is 0. The number of carbonyl (C=O) groups is 1. The number of urea groups is 1. The number of nitrogens with one attached hydrogen (secondary N) is 2. The Bertz CT molecular complexity index is 663. The van der Waals surface area contributed by atoms with E-state index in [2.05, 4.69) is 20.5 Å². The van der Waals surface area contributed by atoms with Crippen LogP contribution in [-0.4, -0.2) is 12.6 Å². The Labute approximate surface area is 124 Å². The summed E-state index contributed by atoms with van der Waals surface area (Å²) in [5.74, 6) is -0.00860. The molecular formula is C14H11F2N3O3. The minimum absolute atomic E-state index is 0.00860. The molecule has 114 valence electrons. The zero-order valence-electron chi connectivity index (χ0n) is 11.1. The largest absolute Gasteiger partial charge is 0.435 e. The van der Waals surface area contributed by atoms with Crippen molar-refractivity contribution >= 4 is 23.1 Å². The van der Waals surface area contributed by atoms with Gasteiger partial charge in [-0.25, -0.2) is 4.79 Å². The molecule has 22 heavy (non-hydrogen) atoms. The van der Waals surface area contributed by atoms with Gasteiger partial charge in [0.2, 0.25) is 0 Å². The Hall–Kier alpha value is -3.03. The first-order chi connectivity index (χ1) is 10.6. The molecule has 0 heterocycles. The minimum atomic E-state index is -2.90. The van der Waals surface area contributed by atoms with Gasteiger partial charge in [-0.15, -0.1) is 4.91 Å². The Morgan fingerprint density at radius 1 is 1.05 bits per heavy atom. The summed E-state index contributed by atoms with van der Waals surface area (Å²) in [5, 5.41) is 7.78. The highest BCUT2D eigenvalue weighted by Crippen LogP contribution is 2.19. The number of halogens is 2. The van der Waals surface area contributed by atoms with Crippen molar-refractivity contribution in [3.8, 4) is 5.75 Å². The second kappa shape index (κ2) is 7.11. The van der Waals surface area contributed by atoms with Crippen LogP contribution < -0.4 is 15.4 Å². The lowest BCUT2D eigenvalue weighted by Crippen LogP contribution is -2.19. The van der Waals surface area contributed by atoms with Crippen LogP contribution in [0.1, 0.15) is 0 Å². The maximum atomic E-state index is 12.0. The first-order valence-corrected chi connectivity index (χ1v) is 6.13. The van der Waals surface area contributed by atoms with Crippen LogP contribution in [-0.2, 0) is 0 Å². The van der Waals surface area contributed by atoms with E-state index in [0.29, 0.717) is 11.4 Å². The van der Waals surface area contributed by atoms with Crippen molar-refractivity contribution in [2.24, 2.45) is 5.18 Å². The standard InChI is InChI=1S/C14H11F2N3O3/c15-13(16)22-12-6-4-9(5-7-12)17-14(20)18-10-2-1-3-11(8-10)19-21/h1-8,13H,(H2,17,18,20). The van der Waals surface area contributed by atoms with Gasteiger partial charge < -0.3 is 15.4 Å². The lowest BCUT2D eigenvalue weighted by Gasteiger charge is -2.09. The molecule has 8 heteroatoms. The molecular weight excluding hydrogens is 296 g/mol. The summed E-state index contributed by atoms with van der Waals surface area (Å²) in [6.45, 7) is -2.90. The predicted molar refractivity (Wildman–Crippen MR) is 77.6 cm³/mol. The number of nitroso groups, excluding NO2 is 1. The van der Waals surface area contributed by atoms with Gasteiger partial charge in [-0.2, -0.15) is 8.78 Å². The lowest BCUT2D eigenvalue weighted by atomic mass is 10.3. The molecule has 0 radical (unpaired) electrons. The summed E-state index contributed by atoms with van der Waals surface area (Å²) in [6, 6.07) is 11.0. The van der Waals surface area contributed by atoms with Crippen molar-refractivity contribution < 1.29 is 18.3 Å². The van der Waals surface area contributed by atoms with E-state index in [1.54, 1.807) is 12.1 Å². The summed E-state index contributed by atoms with van der Waals surface area (Å²) < 4.78 is 28.2. The molecule has 0 aromatic heterocycles. The summed E-state index contributed by atoms with van der Waals surface area (Å²) in [6.07, 6.45) is 0. The third-order valence-electron chi connectivity index (χ3n) is 2.55. The van der Waals surface area contributed by atoms with Gasteiger partial charge in [-0.1, -0.05) is 6.07 Å². The Morgan fingerprint density at radius 3 is 2.36 bits per heavy atom. The molecule has 0 aliphatic carbocycles. The maximum absolute atomic E-state index is 12.0. The number of nitrogens with zero attached hydrogens (tertiary/aromatic N) is 1. The second-order valence-corrected chi connectivity index (χ2v) is 4.12. The van der Waals surface area contributed by atoms with Gasteiger partial charge in [0.1, 0.15) is 11.4 Å². The van der Waals surface area contributed by atoms with Gasteiger partial charge in [0.05, 0.1) is 0 Å². The van der Waals surface area contributed by atoms with E-state index in [1.807, 2.05) is 0 Å². The van der Waals surface area contributed by atoms with Crippen molar-refractivity contribution in [1.82, 2.24) is 0 Å². The number of amides is 2. The molecule has 0 aliphatic rings. The molecule has 0 saturated carbocycles. The Morgan fingerprint density at radius 2 is 1.73 bits per heavy atom. The van der Waals surface area contributed by atoms with Crippen LogP contribution in [0.15, 0.2) is 53.7 Å². The fourth-order valence-electron chi connectivity index (χ4n) is 1.65. The van der Waals surface area contributed by atoms with E-state index >= 15 is 0 Å². The number of anilines is 2. The molecule has 0 spiro atoms. The summed E-state index contributed by atoms with van der Waals surface area (Å²) in [4.78, 5) is 22.2. The van der Waals surface area contributed by atoms with Crippen molar-refractivity contribution in [3.63, 3.8) is 0 Å². The van der Waals surface area contributed by atoms with Crippen LogP contribution in [0, 0.1) is 4.91 Å². The maximum Gasteiger partial charge on any atom is 0.387 e. The molecule has 0 fully saturated rings. The normalized spacial score (nSPS) is 10.1. The second-order valence-electron chi connectivity index (χ2n) is 4.12. The highest BCUT2D eigenvalue weighted by atomic mass is 19.3. The number of ether oxygens (including phenoxy) is 1. The highest BCUT2D eigenvalue weighted by molar-refractivity contribution is 5.99. The van der Waals surface area contributed by atoms with Crippen LogP contribution in [0.3, 0.4) is 0 Å². The topological polar surface area (TPSA) is 79.8 Å². The predicted octanol–water partition coefficient (Wildman–Crippen LogP) is 4.33. The van der Waals surface area contributed by atoms with Gasteiger partial charge in [-0.3, -0.25) is 0 Å². The smallest absolute Gasteiger partial charge is 0.387 e. The molecule has 2 N–H and O–H groups in total. The van der Waals surface area contributed by atoms with Gasteiger partial charge >= 0.3 is 12.6 Å². The molecule has 2 rings (SSSR count). The van der Waals surface area contributed by atoms with Gasteiger partial charge in [0.15, 0.2) is 0 Å². The molecule has 2 aromatic rings.